The van der Waals surface area contributed by atoms with Gasteiger partial charge in [-0.25, -0.2) is 14.5 Å². The molecule has 3 aromatic rings. The molecule has 0 aliphatic carbocycles. The highest BCUT2D eigenvalue weighted by Gasteiger charge is 2.14. The molecule has 0 fully saturated rings. The van der Waals surface area contributed by atoms with E-state index in [0.717, 1.165) is 22.8 Å². The molecular formula is C22H27N5O2. The minimum Gasteiger partial charge on any atom is -0.396 e. The number of rotatable bonds is 8. The van der Waals surface area contributed by atoms with Crippen LogP contribution in [0.3, 0.4) is 0 Å². The largest absolute Gasteiger partial charge is 0.396 e. The molecule has 3 N–H and O–H groups in total. The molecule has 152 valence electrons. The van der Waals surface area contributed by atoms with E-state index in [-0.39, 0.29) is 18.7 Å². The summed E-state index contributed by atoms with van der Waals surface area (Å²) >= 11 is 0. The number of nitrogens with one attached hydrogen (secondary N) is 2. The number of nitrogens with zero attached hydrogens (tertiary/aromatic N) is 3. The van der Waals surface area contributed by atoms with Crippen molar-refractivity contribution in [3.8, 4) is 0 Å². The van der Waals surface area contributed by atoms with Crippen molar-refractivity contribution in [2.45, 2.75) is 39.3 Å². The zero-order valence-corrected chi connectivity index (χ0v) is 16.8. The van der Waals surface area contributed by atoms with E-state index in [0.29, 0.717) is 25.1 Å². The quantitative estimate of drug-likeness (QED) is 0.545. The number of urea groups is 1. The van der Waals surface area contributed by atoms with Gasteiger partial charge in [0.25, 0.3) is 0 Å². The molecule has 0 radical (unpaired) electrons. The van der Waals surface area contributed by atoms with Gasteiger partial charge in [-0.3, -0.25) is 0 Å². The number of aromatic nitrogens is 3. The molecule has 0 aliphatic rings. The summed E-state index contributed by atoms with van der Waals surface area (Å²) in [5.74, 6) is 1.60. The lowest BCUT2D eigenvalue weighted by Gasteiger charge is -2.19. The molecule has 1 aromatic heterocycles. The third kappa shape index (κ3) is 5.89. The lowest BCUT2D eigenvalue weighted by Crippen LogP contribution is -2.32. The Labute approximate surface area is 170 Å². The van der Waals surface area contributed by atoms with Gasteiger partial charge in [0, 0.05) is 12.3 Å². The van der Waals surface area contributed by atoms with E-state index in [1.54, 1.807) is 0 Å². The second kappa shape index (κ2) is 9.84. The summed E-state index contributed by atoms with van der Waals surface area (Å²) in [5, 5.41) is 19.5. The van der Waals surface area contributed by atoms with Gasteiger partial charge in [0.15, 0.2) is 0 Å². The molecule has 2 amide bonds. The molecule has 7 heteroatoms. The van der Waals surface area contributed by atoms with E-state index >= 15 is 0 Å². The monoisotopic (exact) mass is 393 g/mol. The lowest BCUT2D eigenvalue weighted by atomic mass is 10.0. The smallest absolute Gasteiger partial charge is 0.319 e. The Balaban J connectivity index is 1.65. The Morgan fingerprint density at radius 1 is 1.14 bits per heavy atom. The van der Waals surface area contributed by atoms with Gasteiger partial charge in [0.2, 0.25) is 0 Å². The summed E-state index contributed by atoms with van der Waals surface area (Å²) in [6.07, 6.45) is 1.28. The average Bonchev–Trinajstić information content (AvgIpc) is 3.02. The number of aliphatic hydroxyl groups is 1. The van der Waals surface area contributed by atoms with Gasteiger partial charge in [-0.2, -0.15) is 5.10 Å². The first-order valence-corrected chi connectivity index (χ1v) is 9.75. The minimum atomic E-state index is -0.276. The van der Waals surface area contributed by atoms with Crippen LogP contribution in [0.2, 0.25) is 0 Å². The number of hydrogen-bond acceptors (Lipinski definition) is 4. The van der Waals surface area contributed by atoms with Crippen molar-refractivity contribution in [2.75, 3.05) is 11.9 Å². The van der Waals surface area contributed by atoms with Crippen molar-refractivity contribution in [3.05, 3.63) is 77.4 Å². The lowest BCUT2D eigenvalue weighted by molar-refractivity contribution is 0.244. The van der Waals surface area contributed by atoms with E-state index in [2.05, 4.69) is 20.7 Å². The first kappa shape index (κ1) is 20.5. The molecule has 7 nitrogen and oxygen atoms in total. The Morgan fingerprint density at radius 3 is 2.62 bits per heavy atom. The molecule has 0 unspecified atom stereocenters. The number of aliphatic hydroxyl groups excluding tert-OH is 1. The van der Waals surface area contributed by atoms with Crippen LogP contribution in [-0.2, 0) is 6.54 Å². The average molecular weight is 393 g/mol. The van der Waals surface area contributed by atoms with Crippen LogP contribution in [0.15, 0.2) is 54.6 Å². The van der Waals surface area contributed by atoms with Crippen LogP contribution in [-0.4, -0.2) is 32.5 Å². The summed E-state index contributed by atoms with van der Waals surface area (Å²) in [6, 6.07) is 17.0. The zero-order valence-electron chi connectivity index (χ0n) is 16.8. The number of hydrogen-bond donors (Lipinski definition) is 3. The number of aryl methyl sites for hydroxylation is 2. The Bertz CT molecular complexity index is 939. The van der Waals surface area contributed by atoms with E-state index < -0.39 is 0 Å². The van der Waals surface area contributed by atoms with E-state index in [1.807, 2.05) is 73.1 Å². The Hall–Kier alpha value is -3.19. The fraction of sp³-hybridized carbons (Fsp3) is 0.318. The molecule has 1 heterocycles. The van der Waals surface area contributed by atoms with Crippen molar-refractivity contribution in [1.82, 2.24) is 20.1 Å². The maximum absolute atomic E-state index is 12.6. The maximum Gasteiger partial charge on any atom is 0.319 e. The zero-order chi connectivity index (χ0) is 20.6. The number of carbonyl (C=O) groups is 1. The molecule has 2 aromatic carbocycles. The second-order valence-corrected chi connectivity index (χ2v) is 6.99. The predicted molar refractivity (Wildman–Crippen MR) is 113 cm³/mol. The van der Waals surface area contributed by atoms with Gasteiger partial charge in [-0.05, 0) is 49.9 Å². The van der Waals surface area contributed by atoms with Crippen molar-refractivity contribution in [2.24, 2.45) is 0 Å². The van der Waals surface area contributed by atoms with Gasteiger partial charge >= 0.3 is 6.03 Å². The van der Waals surface area contributed by atoms with Gasteiger partial charge in [0.05, 0.1) is 12.6 Å². The molecule has 0 aliphatic heterocycles. The maximum atomic E-state index is 12.6. The van der Waals surface area contributed by atoms with Crippen LogP contribution in [0.5, 0.6) is 0 Å². The third-order valence-corrected chi connectivity index (χ3v) is 4.64. The highest BCUT2D eigenvalue weighted by molar-refractivity contribution is 5.89. The van der Waals surface area contributed by atoms with Crippen molar-refractivity contribution in [3.63, 3.8) is 0 Å². The van der Waals surface area contributed by atoms with Crippen LogP contribution in [0, 0.1) is 13.8 Å². The van der Waals surface area contributed by atoms with Crippen LogP contribution in [0.25, 0.3) is 0 Å². The van der Waals surface area contributed by atoms with Crippen molar-refractivity contribution >= 4 is 11.7 Å². The van der Waals surface area contributed by atoms with Gasteiger partial charge in [0.1, 0.15) is 11.6 Å². The molecule has 29 heavy (non-hydrogen) atoms. The highest BCUT2D eigenvalue weighted by atomic mass is 16.3. The fourth-order valence-corrected chi connectivity index (χ4v) is 3.26. The van der Waals surface area contributed by atoms with Crippen LogP contribution >= 0.6 is 0 Å². The summed E-state index contributed by atoms with van der Waals surface area (Å²) in [4.78, 5) is 16.9. The van der Waals surface area contributed by atoms with Crippen LogP contribution in [0.4, 0.5) is 10.5 Å². The molecule has 0 saturated heterocycles. The van der Waals surface area contributed by atoms with E-state index in [4.69, 9.17) is 5.11 Å². The fourth-order valence-electron chi connectivity index (χ4n) is 3.26. The minimum absolute atomic E-state index is 0.0931. The molecule has 0 saturated carbocycles. The van der Waals surface area contributed by atoms with Crippen molar-refractivity contribution in [1.29, 1.82) is 0 Å². The van der Waals surface area contributed by atoms with Gasteiger partial charge in [-0.15, -0.1) is 0 Å². The summed E-state index contributed by atoms with van der Waals surface area (Å²) in [7, 11) is 0. The first-order chi connectivity index (χ1) is 14.0. The highest BCUT2D eigenvalue weighted by Crippen LogP contribution is 2.19. The molecule has 0 bridgehead atoms. The normalized spacial score (nSPS) is 11.8. The van der Waals surface area contributed by atoms with Crippen molar-refractivity contribution < 1.29 is 9.90 Å². The van der Waals surface area contributed by atoms with E-state index in [1.165, 1.54) is 0 Å². The van der Waals surface area contributed by atoms with Gasteiger partial charge in [-0.1, -0.05) is 42.5 Å². The standard InChI is InChI=1S/C22H27N5O2/c1-16-23-17(2)27(26-16)15-18-8-6-11-20(14-18)24-22(29)25-21(12-7-13-28)19-9-4-3-5-10-19/h3-6,8-11,14,21,28H,7,12-13,15H2,1-2H3,(H2,24,25,29)/t21-/m0/s1. The van der Waals surface area contributed by atoms with Crippen LogP contribution < -0.4 is 10.6 Å². The summed E-state index contributed by atoms with van der Waals surface area (Å²) in [5.41, 5.74) is 2.75. The second-order valence-electron chi connectivity index (χ2n) is 6.99. The van der Waals surface area contributed by atoms with Crippen LogP contribution in [0.1, 0.15) is 41.7 Å². The first-order valence-electron chi connectivity index (χ1n) is 9.75. The summed E-state index contributed by atoms with van der Waals surface area (Å²) < 4.78 is 1.84. The summed E-state index contributed by atoms with van der Waals surface area (Å²) in [6.45, 7) is 4.47. The Kier molecular flexibility index (Phi) is 6.97. The molecular weight excluding hydrogens is 366 g/mol. The number of anilines is 1. The predicted octanol–water partition coefficient (Wildman–Crippen LogP) is 3.58. The number of carbonyl (C=O) groups excluding carboxylic acids is 1. The molecule has 0 spiro atoms. The molecule has 1 atom stereocenters. The molecule has 3 rings (SSSR count). The van der Waals surface area contributed by atoms with E-state index in [9.17, 15) is 4.79 Å². The third-order valence-electron chi connectivity index (χ3n) is 4.64. The Morgan fingerprint density at radius 2 is 1.93 bits per heavy atom. The topological polar surface area (TPSA) is 92.1 Å². The number of benzene rings is 2. The van der Waals surface area contributed by atoms with Gasteiger partial charge < -0.3 is 15.7 Å². The SMILES string of the molecule is Cc1nc(C)n(Cc2cccc(NC(=O)N[C@@H](CCCO)c3ccccc3)c2)n1. The number of amides is 2.